The van der Waals surface area contributed by atoms with Crippen LogP contribution in [0.5, 0.6) is 0 Å². The van der Waals surface area contributed by atoms with E-state index in [1.807, 2.05) is 0 Å². The molecule has 0 aromatic heterocycles. The van der Waals surface area contributed by atoms with E-state index in [1.165, 1.54) is 0 Å². The predicted molar refractivity (Wildman–Crippen MR) is 33.7 cm³/mol. The summed E-state index contributed by atoms with van der Waals surface area (Å²) in [6.07, 6.45) is 0.205. The van der Waals surface area contributed by atoms with Gasteiger partial charge in [0, 0.05) is 16.7 Å². The van der Waals surface area contributed by atoms with Crippen LogP contribution < -0.4 is 0 Å². The molecule has 0 spiro atoms. The van der Waals surface area contributed by atoms with Gasteiger partial charge in [-0.2, -0.15) is 0 Å². The van der Waals surface area contributed by atoms with Crippen molar-refractivity contribution in [1.82, 2.24) is 0 Å². The van der Waals surface area contributed by atoms with Crippen molar-refractivity contribution in [1.29, 1.82) is 0 Å². The number of rotatable bonds is 2. The van der Waals surface area contributed by atoms with E-state index in [9.17, 15) is 4.79 Å². The van der Waals surface area contributed by atoms with Crippen LogP contribution in [-0.4, -0.2) is 37.7 Å². The average molecular weight is 155 g/mol. The Bertz CT molecular complexity index is 56.2. The molecule has 9 heavy (non-hydrogen) atoms. The molecule has 0 aliphatic rings. The number of carboxylic acid groups (broad SMARTS) is 1. The van der Waals surface area contributed by atoms with Crippen molar-refractivity contribution in [2.75, 3.05) is 0 Å². The fourth-order valence-electron chi connectivity index (χ4n) is 0.107. The molecule has 3 radical (unpaired) electrons. The molecule has 6 heteroatoms. The number of aliphatic carboxylic acids is 1. The molecule has 0 fully saturated rings. The quantitative estimate of drug-likeness (QED) is 0.444. The van der Waals surface area contributed by atoms with Gasteiger partial charge in [0.1, 0.15) is 0 Å². The molecule has 0 amide bonds. The van der Waals surface area contributed by atoms with Crippen LogP contribution in [0.15, 0.2) is 0 Å². The van der Waals surface area contributed by atoms with Crippen molar-refractivity contribution in [2.24, 2.45) is 0 Å². The highest BCUT2D eigenvalue weighted by Gasteiger charge is 1.87. The Kier molecular flexibility index (Phi) is 40.9. The minimum Gasteiger partial charge on any atom is -0.481 e. The van der Waals surface area contributed by atoms with E-state index in [0.717, 1.165) is 0 Å². The fourth-order valence-corrected chi connectivity index (χ4v) is 0.321. The first-order chi connectivity index (χ1) is 2.77. The zero-order valence-corrected chi connectivity index (χ0v) is 5.77. The molecule has 0 saturated carbocycles. The summed E-state index contributed by atoms with van der Waals surface area (Å²) in [5, 5.41) is 7.88. The Morgan fingerprint density at radius 1 is 1.33 bits per heavy atom. The highest BCUT2D eigenvalue weighted by Crippen LogP contribution is 1.79. The van der Waals surface area contributed by atoms with Crippen LogP contribution in [0.3, 0.4) is 0 Å². The van der Waals surface area contributed by atoms with Gasteiger partial charge in [-0.25, -0.2) is 0 Å². The maximum absolute atomic E-state index is 9.57. The summed E-state index contributed by atoms with van der Waals surface area (Å²) in [4.78, 5) is 9.57. The highest BCUT2D eigenvalue weighted by atomic mass is 28.1. The predicted octanol–water partition coefficient (Wildman–Crippen LogP) is -2.43. The number of carbonyl (C=O) groups is 1. The van der Waals surface area contributed by atoms with Gasteiger partial charge in [0.2, 0.25) is 0 Å². The van der Waals surface area contributed by atoms with E-state index >= 15 is 0 Å². The minimum absolute atomic E-state index is 0. The molecule has 0 aliphatic heterocycles. The Balaban J connectivity index is -0.0000000417. The molecule has 0 heterocycles. The van der Waals surface area contributed by atoms with Crippen LogP contribution >= 0.6 is 0 Å². The van der Waals surface area contributed by atoms with Gasteiger partial charge < -0.3 is 21.5 Å². The zero-order valence-electron chi connectivity index (χ0n) is 4.77. The fraction of sp³-hybridized carbons (Fsp3) is 0.667. The average Bonchev–Trinajstić information content (AvgIpc) is 1.35. The monoisotopic (exact) mass is 155 g/mol. The lowest BCUT2D eigenvalue weighted by Crippen LogP contribution is -1.91. The van der Waals surface area contributed by atoms with Crippen LogP contribution in [0.2, 0.25) is 6.04 Å². The number of hydrogen-bond donors (Lipinski definition) is 1. The SMILES string of the molecule is O.O.O.O=C(O)CC[Si]. The van der Waals surface area contributed by atoms with Gasteiger partial charge in [0.05, 0.1) is 0 Å². The summed E-state index contributed by atoms with van der Waals surface area (Å²) in [6.45, 7) is 0. The zero-order chi connectivity index (χ0) is 4.99. The van der Waals surface area contributed by atoms with Gasteiger partial charge in [0.15, 0.2) is 0 Å². The van der Waals surface area contributed by atoms with E-state index in [1.54, 1.807) is 0 Å². The topological polar surface area (TPSA) is 132 Å². The van der Waals surface area contributed by atoms with E-state index in [2.05, 4.69) is 10.2 Å². The normalized spacial score (nSPS) is 5.44. The molecule has 0 rings (SSSR count). The maximum Gasteiger partial charge on any atom is 0.303 e. The summed E-state index contributed by atoms with van der Waals surface area (Å²) in [7, 11) is 3.01. The first kappa shape index (κ1) is 23.5. The Labute approximate surface area is 56.0 Å². The van der Waals surface area contributed by atoms with Gasteiger partial charge in [0.25, 0.3) is 0 Å². The molecule has 0 aromatic carbocycles. The van der Waals surface area contributed by atoms with Crippen molar-refractivity contribution in [3.63, 3.8) is 0 Å². The van der Waals surface area contributed by atoms with Crippen LogP contribution in [0, 0.1) is 0 Å². The van der Waals surface area contributed by atoms with E-state index in [-0.39, 0.29) is 22.8 Å². The summed E-state index contributed by atoms with van der Waals surface area (Å²) >= 11 is 0. The maximum atomic E-state index is 9.57. The lowest BCUT2D eigenvalue weighted by Gasteiger charge is -1.79. The second-order valence-corrected chi connectivity index (χ2v) is 1.39. The highest BCUT2D eigenvalue weighted by molar-refractivity contribution is 6.09. The molecule has 0 unspecified atom stereocenters. The van der Waals surface area contributed by atoms with E-state index < -0.39 is 5.97 Å². The minimum atomic E-state index is -0.759. The van der Waals surface area contributed by atoms with E-state index in [0.29, 0.717) is 6.04 Å². The largest absolute Gasteiger partial charge is 0.481 e. The first-order valence-corrected chi connectivity index (χ1v) is 2.34. The van der Waals surface area contributed by atoms with Gasteiger partial charge >= 0.3 is 5.97 Å². The number of hydrogen-bond acceptors (Lipinski definition) is 1. The van der Waals surface area contributed by atoms with Gasteiger partial charge in [-0.1, -0.05) is 6.04 Å². The summed E-state index contributed by atoms with van der Waals surface area (Å²) < 4.78 is 0. The lowest BCUT2D eigenvalue weighted by molar-refractivity contribution is -0.136. The molecule has 0 bridgehead atoms. The van der Waals surface area contributed by atoms with Gasteiger partial charge in [-0.05, 0) is 0 Å². The van der Waals surface area contributed by atoms with Gasteiger partial charge in [-0.3, -0.25) is 4.79 Å². The summed E-state index contributed by atoms with van der Waals surface area (Å²) in [5.41, 5.74) is 0. The smallest absolute Gasteiger partial charge is 0.303 e. The first-order valence-electron chi connectivity index (χ1n) is 1.63. The Morgan fingerprint density at radius 2 is 1.67 bits per heavy atom. The second kappa shape index (κ2) is 15.6. The van der Waals surface area contributed by atoms with Gasteiger partial charge in [-0.15, -0.1) is 0 Å². The summed E-state index contributed by atoms with van der Waals surface area (Å²) in [6, 6.07) is 0.537. The molecular weight excluding hydrogens is 144 g/mol. The molecule has 57 valence electrons. The third-order valence-corrected chi connectivity index (χ3v) is 0.589. The lowest BCUT2D eigenvalue weighted by atomic mass is 10.5. The molecule has 0 aromatic rings. The van der Waals surface area contributed by atoms with Crippen molar-refractivity contribution < 1.29 is 26.3 Å². The van der Waals surface area contributed by atoms with E-state index in [4.69, 9.17) is 5.11 Å². The van der Waals surface area contributed by atoms with Crippen molar-refractivity contribution >= 4 is 16.2 Å². The molecule has 5 nitrogen and oxygen atoms in total. The van der Waals surface area contributed by atoms with Crippen LogP contribution in [0.4, 0.5) is 0 Å². The molecule has 0 aliphatic carbocycles. The third kappa shape index (κ3) is 35.6. The molecule has 0 atom stereocenters. The Morgan fingerprint density at radius 3 is 1.67 bits per heavy atom. The van der Waals surface area contributed by atoms with Crippen LogP contribution in [-0.2, 0) is 4.79 Å². The second-order valence-electron chi connectivity index (χ2n) is 0.894. The van der Waals surface area contributed by atoms with Crippen LogP contribution in [0.1, 0.15) is 6.42 Å². The Hall–Kier alpha value is -0.433. The summed E-state index contributed by atoms with van der Waals surface area (Å²) in [5.74, 6) is -0.759. The third-order valence-electron chi connectivity index (χ3n) is 0.339. The van der Waals surface area contributed by atoms with Crippen molar-refractivity contribution in [2.45, 2.75) is 12.5 Å². The standard InChI is InChI=1S/C3H5O2Si.3H2O/c4-3(5)1-2-6;;;/h1-2H2,(H,4,5);3*1H2. The number of carboxylic acids is 1. The van der Waals surface area contributed by atoms with Crippen molar-refractivity contribution in [3.8, 4) is 0 Å². The van der Waals surface area contributed by atoms with Crippen LogP contribution in [0.25, 0.3) is 0 Å². The molecule has 0 saturated heterocycles. The van der Waals surface area contributed by atoms with Crippen molar-refractivity contribution in [3.05, 3.63) is 0 Å². The molecular formula is C3H11O5Si. The molecule has 7 N–H and O–H groups in total.